The van der Waals surface area contributed by atoms with Gasteiger partial charge in [-0.25, -0.2) is 0 Å². The van der Waals surface area contributed by atoms with Crippen molar-refractivity contribution < 1.29 is 0 Å². The third kappa shape index (κ3) is 10.7. The maximum absolute atomic E-state index is 2.29. The number of nitrogens with zero attached hydrogens (tertiary/aromatic N) is 1. The Hall–Kier alpha value is 0.0182. The summed E-state index contributed by atoms with van der Waals surface area (Å²) in [4.78, 5) is 2.29. The molecule has 0 bridgehead atoms. The zero-order valence-corrected chi connectivity index (χ0v) is 25.5. The van der Waals surface area contributed by atoms with Gasteiger partial charge in [-0.2, -0.15) is 0 Å². The van der Waals surface area contributed by atoms with Crippen molar-refractivity contribution in [1.82, 2.24) is 0 Å². The van der Waals surface area contributed by atoms with Crippen LogP contribution in [0.25, 0.3) is 0 Å². The molecule has 3 rings (SSSR count). The second-order valence-electron chi connectivity index (χ2n) is 5.84. The number of rotatable bonds is 3. The van der Waals surface area contributed by atoms with Gasteiger partial charge in [0, 0.05) is 17.1 Å². The van der Waals surface area contributed by atoms with E-state index in [1.807, 2.05) is 0 Å². The summed E-state index contributed by atoms with van der Waals surface area (Å²) in [6.07, 6.45) is 0. The molecule has 0 aromatic heterocycles. The molecule has 3 aromatic carbocycles. The molecule has 0 saturated carbocycles. The van der Waals surface area contributed by atoms with Gasteiger partial charge in [0.2, 0.25) is 0 Å². The minimum absolute atomic E-state index is 0. The monoisotopic (exact) mass is 627 g/mol. The summed E-state index contributed by atoms with van der Waals surface area (Å²) < 4.78 is 0. The molecule has 1 nitrogen and oxygen atoms in total. The Kier molecular flexibility index (Phi) is 25.5. The van der Waals surface area contributed by atoms with Crippen molar-refractivity contribution in [2.75, 3.05) is 4.90 Å². The van der Waals surface area contributed by atoms with Crippen LogP contribution >= 0.6 is 74.4 Å². The quantitative estimate of drug-likeness (QED) is 0.272. The number of aryl methyl sites for hydroxylation is 3. The standard InChI is InChI=1S/C21H21N.6ClH.Sb.3H/c1-16-4-10-19(11-5-16)22(20-12-6-17(2)7-13-20)21-14-8-18(3)9-15-21;;;;;;;;;;/h4-15H,1-3H3;6*1H;;;;. The van der Waals surface area contributed by atoms with Crippen molar-refractivity contribution in [2.45, 2.75) is 20.8 Å². The van der Waals surface area contributed by atoms with E-state index in [0.29, 0.717) is 0 Å². The summed E-state index contributed by atoms with van der Waals surface area (Å²) in [6, 6.07) is 26.0. The first-order chi connectivity index (χ1) is 10.6. The molecule has 0 aliphatic carbocycles. The van der Waals surface area contributed by atoms with Gasteiger partial charge >= 0.3 is 24.4 Å². The molecule has 3 aromatic rings. The summed E-state index contributed by atoms with van der Waals surface area (Å²) in [6.45, 7) is 6.35. The Morgan fingerprint density at radius 1 is 0.379 bits per heavy atom. The number of anilines is 3. The second kappa shape index (κ2) is 18.8. The van der Waals surface area contributed by atoms with Crippen LogP contribution in [0.5, 0.6) is 0 Å². The van der Waals surface area contributed by atoms with E-state index in [1.165, 1.54) is 33.8 Å². The minimum atomic E-state index is 0. The zero-order valence-electron chi connectivity index (χ0n) is 16.5. The predicted octanol–water partition coefficient (Wildman–Crippen LogP) is 7.43. The van der Waals surface area contributed by atoms with E-state index in [0.717, 1.165) is 0 Å². The number of hydrogen-bond acceptors (Lipinski definition) is 1. The Bertz CT molecular complexity index is 657. The van der Waals surface area contributed by atoms with E-state index < -0.39 is 0 Å². The van der Waals surface area contributed by atoms with Crippen LogP contribution in [0, 0.1) is 20.8 Å². The van der Waals surface area contributed by atoms with E-state index in [9.17, 15) is 0 Å². The van der Waals surface area contributed by atoms with E-state index in [2.05, 4.69) is 98.5 Å². The molecule has 0 spiro atoms. The fourth-order valence-electron chi connectivity index (χ4n) is 2.53. The number of halogens is 6. The summed E-state index contributed by atoms with van der Waals surface area (Å²) in [5, 5.41) is 0. The normalized spacial score (nSPS) is 7.97. The molecule has 0 aliphatic heterocycles. The first-order valence-corrected chi connectivity index (χ1v) is 7.63. The van der Waals surface area contributed by atoms with Crippen molar-refractivity contribution >= 4 is 116 Å². The average molecular weight is 631 g/mol. The Morgan fingerprint density at radius 2 is 0.552 bits per heavy atom. The first-order valence-electron chi connectivity index (χ1n) is 7.63. The molecule has 166 valence electrons. The van der Waals surface area contributed by atoms with E-state index in [-0.39, 0.29) is 98.9 Å². The number of benzene rings is 3. The summed E-state index contributed by atoms with van der Waals surface area (Å²) in [5.74, 6) is 0. The van der Waals surface area contributed by atoms with E-state index in [4.69, 9.17) is 0 Å². The molecule has 0 aliphatic rings. The van der Waals surface area contributed by atoms with Crippen LogP contribution in [0.15, 0.2) is 72.8 Å². The average Bonchev–Trinajstić information content (AvgIpc) is 2.53. The van der Waals surface area contributed by atoms with Crippen LogP contribution in [0.2, 0.25) is 0 Å². The second-order valence-corrected chi connectivity index (χ2v) is 5.84. The molecular formula is C21H30Cl6NSb. The van der Waals surface area contributed by atoms with Crippen molar-refractivity contribution in [2.24, 2.45) is 0 Å². The van der Waals surface area contributed by atoms with Crippen LogP contribution in [0.3, 0.4) is 0 Å². The molecule has 0 atom stereocenters. The topological polar surface area (TPSA) is 3.24 Å². The van der Waals surface area contributed by atoms with Crippen LogP contribution in [0.4, 0.5) is 17.1 Å². The Balaban J connectivity index is -0.000000274. The van der Waals surface area contributed by atoms with Crippen LogP contribution in [0.1, 0.15) is 16.7 Å². The fraction of sp³-hybridized carbons (Fsp3) is 0.143. The Labute approximate surface area is 229 Å². The molecule has 0 N–H and O–H groups in total. The van der Waals surface area contributed by atoms with Gasteiger partial charge in [-0.15, -0.1) is 74.4 Å². The summed E-state index contributed by atoms with van der Waals surface area (Å²) in [5.41, 5.74) is 7.36. The van der Waals surface area contributed by atoms with Crippen molar-refractivity contribution in [3.8, 4) is 0 Å². The SMILES string of the molecule is Cc1ccc(N(c2ccc(C)cc2)c2ccc(C)cc2)cc1.Cl.Cl.Cl.Cl.Cl.Cl.[SbH3]. The molecule has 0 radical (unpaired) electrons. The van der Waals surface area contributed by atoms with E-state index >= 15 is 0 Å². The van der Waals surface area contributed by atoms with Gasteiger partial charge in [-0.1, -0.05) is 53.1 Å². The van der Waals surface area contributed by atoms with Crippen molar-refractivity contribution in [1.29, 1.82) is 0 Å². The molecule has 0 heterocycles. The summed E-state index contributed by atoms with van der Waals surface area (Å²) >= 11 is 0. The number of hydrogen-bond donors (Lipinski definition) is 0. The van der Waals surface area contributed by atoms with Crippen molar-refractivity contribution in [3.63, 3.8) is 0 Å². The van der Waals surface area contributed by atoms with Gasteiger partial charge in [0.1, 0.15) is 0 Å². The van der Waals surface area contributed by atoms with Gasteiger partial charge in [-0.3, -0.25) is 0 Å². The van der Waals surface area contributed by atoms with E-state index in [1.54, 1.807) is 0 Å². The van der Waals surface area contributed by atoms with Crippen LogP contribution in [-0.4, -0.2) is 24.4 Å². The first kappa shape index (κ1) is 39.5. The third-order valence-corrected chi connectivity index (χ3v) is 3.88. The van der Waals surface area contributed by atoms with Gasteiger partial charge < -0.3 is 4.90 Å². The zero-order chi connectivity index (χ0) is 15.5. The fourth-order valence-corrected chi connectivity index (χ4v) is 2.53. The molecule has 29 heavy (non-hydrogen) atoms. The molecule has 0 unspecified atom stereocenters. The third-order valence-electron chi connectivity index (χ3n) is 3.88. The molecule has 8 heteroatoms. The van der Waals surface area contributed by atoms with Crippen LogP contribution in [-0.2, 0) is 0 Å². The van der Waals surface area contributed by atoms with Gasteiger partial charge in [0.25, 0.3) is 0 Å². The molecular weight excluding hydrogens is 601 g/mol. The molecule has 0 saturated heterocycles. The van der Waals surface area contributed by atoms with Crippen LogP contribution < -0.4 is 4.90 Å². The van der Waals surface area contributed by atoms with Gasteiger partial charge in [0.15, 0.2) is 0 Å². The Morgan fingerprint density at radius 3 is 0.724 bits per heavy atom. The maximum atomic E-state index is 2.29. The van der Waals surface area contributed by atoms with Gasteiger partial charge in [0.05, 0.1) is 0 Å². The van der Waals surface area contributed by atoms with Gasteiger partial charge in [-0.05, 0) is 57.2 Å². The van der Waals surface area contributed by atoms with Crippen molar-refractivity contribution in [3.05, 3.63) is 89.5 Å². The molecule has 0 amide bonds. The molecule has 0 fully saturated rings. The predicted molar refractivity (Wildman–Crippen MR) is 149 cm³/mol. The summed E-state index contributed by atoms with van der Waals surface area (Å²) in [7, 11) is 0.